The SMILES string of the molecule is CCCN=C1N/C(=C/c2ccccc2)C(=O)N1c1ccccc1. The molecule has 0 bridgehead atoms. The fraction of sp³-hybridized carbons (Fsp3) is 0.158. The Kier molecular flexibility index (Phi) is 4.52. The molecule has 1 amide bonds. The van der Waals surface area contributed by atoms with E-state index < -0.39 is 0 Å². The Labute approximate surface area is 136 Å². The van der Waals surface area contributed by atoms with Crippen LogP contribution in [0.3, 0.4) is 0 Å². The number of anilines is 1. The second-order valence-electron chi connectivity index (χ2n) is 5.28. The van der Waals surface area contributed by atoms with Gasteiger partial charge in [0, 0.05) is 6.54 Å². The molecule has 1 heterocycles. The highest BCUT2D eigenvalue weighted by Gasteiger charge is 2.32. The van der Waals surface area contributed by atoms with Crippen LogP contribution in [-0.4, -0.2) is 18.4 Å². The second-order valence-corrected chi connectivity index (χ2v) is 5.28. The van der Waals surface area contributed by atoms with Crippen LogP contribution in [-0.2, 0) is 4.79 Å². The fourth-order valence-corrected chi connectivity index (χ4v) is 2.40. The van der Waals surface area contributed by atoms with Crippen LogP contribution in [0.5, 0.6) is 0 Å². The van der Waals surface area contributed by atoms with E-state index in [9.17, 15) is 4.79 Å². The maximum Gasteiger partial charge on any atom is 0.281 e. The van der Waals surface area contributed by atoms with Gasteiger partial charge in [-0.2, -0.15) is 0 Å². The molecule has 0 aromatic heterocycles. The number of hydrogen-bond acceptors (Lipinski definition) is 2. The number of benzene rings is 2. The lowest BCUT2D eigenvalue weighted by Crippen LogP contribution is -2.32. The summed E-state index contributed by atoms with van der Waals surface area (Å²) in [5, 5.41) is 3.16. The lowest BCUT2D eigenvalue weighted by Gasteiger charge is -2.14. The number of guanidine groups is 1. The quantitative estimate of drug-likeness (QED) is 0.880. The molecule has 23 heavy (non-hydrogen) atoms. The largest absolute Gasteiger partial charge is 0.321 e. The minimum Gasteiger partial charge on any atom is -0.321 e. The summed E-state index contributed by atoms with van der Waals surface area (Å²) >= 11 is 0. The van der Waals surface area contributed by atoms with Gasteiger partial charge in [0.05, 0.1) is 5.69 Å². The normalized spacial score (nSPS) is 17.8. The molecule has 0 saturated carbocycles. The Morgan fingerprint density at radius 3 is 2.35 bits per heavy atom. The van der Waals surface area contributed by atoms with Crippen LogP contribution < -0.4 is 10.2 Å². The van der Waals surface area contributed by atoms with Crippen LogP contribution in [0.25, 0.3) is 6.08 Å². The first kappa shape index (κ1) is 15.0. The molecule has 1 saturated heterocycles. The van der Waals surface area contributed by atoms with Crippen molar-refractivity contribution in [1.29, 1.82) is 0 Å². The monoisotopic (exact) mass is 305 g/mol. The molecule has 1 N–H and O–H groups in total. The molecule has 4 heteroatoms. The number of hydrogen-bond donors (Lipinski definition) is 1. The minimum atomic E-state index is -0.0880. The van der Waals surface area contributed by atoms with Gasteiger partial charge in [0.1, 0.15) is 5.70 Å². The van der Waals surface area contributed by atoms with Crippen LogP contribution in [0.2, 0.25) is 0 Å². The van der Waals surface area contributed by atoms with Gasteiger partial charge in [0.2, 0.25) is 5.96 Å². The van der Waals surface area contributed by atoms with Crippen LogP contribution in [0.4, 0.5) is 5.69 Å². The van der Waals surface area contributed by atoms with Crippen molar-refractivity contribution in [1.82, 2.24) is 5.32 Å². The Hall–Kier alpha value is -2.88. The molecule has 1 aliphatic rings. The Morgan fingerprint density at radius 2 is 1.70 bits per heavy atom. The molecule has 0 radical (unpaired) electrons. The molecule has 1 aliphatic heterocycles. The zero-order valence-corrected chi connectivity index (χ0v) is 13.1. The summed E-state index contributed by atoms with van der Waals surface area (Å²) in [6.07, 6.45) is 2.78. The number of carbonyl (C=O) groups excluding carboxylic acids is 1. The molecule has 0 atom stereocenters. The fourth-order valence-electron chi connectivity index (χ4n) is 2.40. The van der Waals surface area contributed by atoms with Crippen molar-refractivity contribution in [3.8, 4) is 0 Å². The van der Waals surface area contributed by atoms with Crippen molar-refractivity contribution >= 4 is 23.6 Å². The summed E-state index contributed by atoms with van der Waals surface area (Å²) in [5.74, 6) is 0.500. The standard InChI is InChI=1S/C19H19N3O/c1-2-13-20-19-21-17(14-15-9-5-3-6-10-15)18(23)22(19)16-11-7-4-8-12-16/h3-12,14H,2,13H2,1H3,(H,20,21)/b17-14+. The van der Waals surface area contributed by atoms with E-state index in [0.717, 1.165) is 17.7 Å². The van der Waals surface area contributed by atoms with Crippen molar-refractivity contribution in [3.05, 3.63) is 71.9 Å². The van der Waals surface area contributed by atoms with Gasteiger partial charge < -0.3 is 5.32 Å². The first-order valence-electron chi connectivity index (χ1n) is 7.77. The van der Waals surface area contributed by atoms with Crippen LogP contribution in [0.15, 0.2) is 71.4 Å². The number of carbonyl (C=O) groups is 1. The maximum absolute atomic E-state index is 12.8. The van der Waals surface area contributed by atoms with Crippen LogP contribution >= 0.6 is 0 Å². The van der Waals surface area contributed by atoms with Crippen molar-refractivity contribution < 1.29 is 4.79 Å². The van der Waals surface area contributed by atoms with E-state index in [0.29, 0.717) is 18.2 Å². The minimum absolute atomic E-state index is 0.0880. The smallest absolute Gasteiger partial charge is 0.281 e. The van der Waals surface area contributed by atoms with Gasteiger partial charge in [-0.15, -0.1) is 0 Å². The van der Waals surface area contributed by atoms with Gasteiger partial charge in [0.15, 0.2) is 0 Å². The van der Waals surface area contributed by atoms with Gasteiger partial charge in [-0.05, 0) is 30.2 Å². The first-order valence-corrected chi connectivity index (χ1v) is 7.77. The van der Waals surface area contributed by atoms with E-state index in [1.807, 2.05) is 66.7 Å². The van der Waals surface area contributed by atoms with Crippen molar-refractivity contribution in [2.45, 2.75) is 13.3 Å². The lowest BCUT2D eigenvalue weighted by molar-refractivity contribution is -0.113. The van der Waals surface area contributed by atoms with E-state index in [-0.39, 0.29) is 5.91 Å². The van der Waals surface area contributed by atoms with Crippen LogP contribution in [0, 0.1) is 0 Å². The van der Waals surface area contributed by atoms with Gasteiger partial charge in [-0.25, -0.2) is 4.90 Å². The summed E-state index contributed by atoms with van der Waals surface area (Å²) in [6.45, 7) is 2.74. The number of para-hydroxylation sites is 1. The second kappa shape index (κ2) is 6.92. The molecule has 3 rings (SSSR count). The summed E-state index contributed by atoms with van der Waals surface area (Å²) in [4.78, 5) is 18.9. The summed E-state index contributed by atoms with van der Waals surface area (Å²) < 4.78 is 0. The van der Waals surface area contributed by atoms with Gasteiger partial charge in [0.25, 0.3) is 5.91 Å². The zero-order valence-electron chi connectivity index (χ0n) is 13.1. The van der Waals surface area contributed by atoms with E-state index in [1.54, 1.807) is 4.90 Å². The van der Waals surface area contributed by atoms with Gasteiger partial charge in [-0.3, -0.25) is 9.79 Å². The zero-order chi connectivity index (χ0) is 16.1. The molecule has 2 aromatic carbocycles. The molecule has 0 spiro atoms. The van der Waals surface area contributed by atoms with E-state index >= 15 is 0 Å². The Balaban J connectivity index is 1.97. The molecular weight excluding hydrogens is 286 g/mol. The van der Waals surface area contributed by atoms with Crippen molar-refractivity contribution in [2.24, 2.45) is 4.99 Å². The van der Waals surface area contributed by atoms with E-state index in [4.69, 9.17) is 0 Å². The van der Waals surface area contributed by atoms with Crippen molar-refractivity contribution in [3.63, 3.8) is 0 Å². The number of aliphatic imine (C=N–C) groups is 1. The molecule has 0 unspecified atom stereocenters. The molecule has 0 aliphatic carbocycles. The summed E-state index contributed by atoms with van der Waals surface area (Å²) in [6, 6.07) is 19.4. The number of amides is 1. The molecule has 1 fully saturated rings. The van der Waals surface area contributed by atoms with E-state index in [1.165, 1.54) is 0 Å². The predicted molar refractivity (Wildman–Crippen MR) is 94.1 cm³/mol. The number of nitrogens with zero attached hydrogens (tertiary/aromatic N) is 2. The third-order valence-electron chi connectivity index (χ3n) is 3.50. The highest BCUT2D eigenvalue weighted by Crippen LogP contribution is 2.22. The topological polar surface area (TPSA) is 44.7 Å². The molecule has 4 nitrogen and oxygen atoms in total. The highest BCUT2D eigenvalue weighted by molar-refractivity contribution is 6.29. The third-order valence-corrected chi connectivity index (χ3v) is 3.50. The Bertz CT molecular complexity index is 736. The summed E-state index contributed by atoms with van der Waals surface area (Å²) in [5.41, 5.74) is 2.33. The van der Waals surface area contributed by atoms with Crippen LogP contribution in [0.1, 0.15) is 18.9 Å². The van der Waals surface area contributed by atoms with Crippen molar-refractivity contribution in [2.75, 3.05) is 11.4 Å². The van der Waals surface area contributed by atoms with Gasteiger partial charge >= 0.3 is 0 Å². The highest BCUT2D eigenvalue weighted by atomic mass is 16.2. The maximum atomic E-state index is 12.8. The Morgan fingerprint density at radius 1 is 1.04 bits per heavy atom. The average Bonchev–Trinajstić information content (AvgIpc) is 2.90. The third kappa shape index (κ3) is 3.31. The molecule has 2 aromatic rings. The number of rotatable bonds is 4. The first-order chi connectivity index (χ1) is 11.3. The van der Waals surface area contributed by atoms with E-state index in [2.05, 4.69) is 17.2 Å². The number of nitrogens with one attached hydrogen (secondary N) is 1. The summed E-state index contributed by atoms with van der Waals surface area (Å²) in [7, 11) is 0. The predicted octanol–water partition coefficient (Wildman–Crippen LogP) is 3.43. The lowest BCUT2D eigenvalue weighted by atomic mass is 10.2. The average molecular weight is 305 g/mol. The van der Waals surface area contributed by atoms with Gasteiger partial charge in [-0.1, -0.05) is 55.5 Å². The molecule has 116 valence electrons. The molecular formula is C19H19N3O.